The number of ether oxygens (including phenoxy) is 1. The molecule has 1 heterocycles. The maximum absolute atomic E-state index is 13.1. The zero-order valence-electron chi connectivity index (χ0n) is 10.9. The maximum atomic E-state index is 13.1. The fourth-order valence-electron chi connectivity index (χ4n) is 1.50. The van der Waals surface area contributed by atoms with Crippen LogP contribution in [0.3, 0.4) is 0 Å². The second-order valence-electron chi connectivity index (χ2n) is 3.94. The van der Waals surface area contributed by atoms with E-state index in [1.165, 1.54) is 6.07 Å². The lowest BCUT2D eigenvalue weighted by atomic mass is 10.3. The van der Waals surface area contributed by atoms with Crippen molar-refractivity contribution in [2.24, 2.45) is 0 Å². The highest BCUT2D eigenvalue weighted by Crippen LogP contribution is 2.17. The van der Waals surface area contributed by atoms with E-state index < -0.39 is 11.6 Å². The van der Waals surface area contributed by atoms with E-state index in [2.05, 4.69) is 20.6 Å². The lowest BCUT2D eigenvalue weighted by molar-refractivity contribution is 0.210. The summed E-state index contributed by atoms with van der Waals surface area (Å²) in [6.45, 7) is 1.16. The molecule has 0 aliphatic heterocycles. The summed E-state index contributed by atoms with van der Waals surface area (Å²) < 4.78 is 30.8. The third-order valence-electron chi connectivity index (χ3n) is 2.44. The standard InChI is InChI=1S/C13H14F2N4O/c1-20-7-6-16-12-4-5-17-13(19-12)18-9-2-3-10(14)11(15)8-9/h2-5,8H,6-7H2,1H3,(H2,16,17,18,19). The molecule has 0 amide bonds. The molecule has 2 rings (SSSR count). The molecule has 0 radical (unpaired) electrons. The monoisotopic (exact) mass is 280 g/mol. The van der Waals surface area contributed by atoms with Crippen molar-refractivity contribution < 1.29 is 13.5 Å². The second-order valence-corrected chi connectivity index (χ2v) is 3.94. The highest BCUT2D eigenvalue weighted by Gasteiger charge is 2.04. The van der Waals surface area contributed by atoms with Gasteiger partial charge in [-0.2, -0.15) is 4.98 Å². The molecule has 0 fully saturated rings. The van der Waals surface area contributed by atoms with E-state index in [4.69, 9.17) is 4.74 Å². The first-order chi connectivity index (χ1) is 9.69. The Bertz CT molecular complexity index is 580. The van der Waals surface area contributed by atoms with E-state index in [-0.39, 0.29) is 0 Å². The number of nitrogens with one attached hydrogen (secondary N) is 2. The van der Waals surface area contributed by atoms with Crippen molar-refractivity contribution >= 4 is 17.5 Å². The molecule has 1 aromatic heterocycles. The van der Waals surface area contributed by atoms with Crippen molar-refractivity contribution in [3.63, 3.8) is 0 Å². The van der Waals surface area contributed by atoms with Crippen LogP contribution in [0, 0.1) is 11.6 Å². The SMILES string of the molecule is COCCNc1ccnc(Nc2ccc(F)c(F)c2)n1. The van der Waals surface area contributed by atoms with E-state index in [1.54, 1.807) is 19.4 Å². The minimum Gasteiger partial charge on any atom is -0.383 e. The van der Waals surface area contributed by atoms with Crippen LogP contribution in [-0.2, 0) is 4.74 Å². The summed E-state index contributed by atoms with van der Waals surface area (Å²) in [5.74, 6) is -0.920. The Morgan fingerprint density at radius 1 is 1.20 bits per heavy atom. The quantitative estimate of drug-likeness (QED) is 0.796. The van der Waals surface area contributed by atoms with Gasteiger partial charge in [0.2, 0.25) is 5.95 Å². The zero-order valence-corrected chi connectivity index (χ0v) is 10.9. The zero-order chi connectivity index (χ0) is 14.4. The van der Waals surface area contributed by atoms with Gasteiger partial charge in [-0.25, -0.2) is 13.8 Å². The van der Waals surface area contributed by atoms with Gasteiger partial charge in [0.05, 0.1) is 6.61 Å². The van der Waals surface area contributed by atoms with Crippen molar-refractivity contribution in [1.82, 2.24) is 9.97 Å². The highest BCUT2D eigenvalue weighted by molar-refractivity contribution is 5.54. The van der Waals surface area contributed by atoms with Crippen LogP contribution in [0.2, 0.25) is 0 Å². The van der Waals surface area contributed by atoms with Crippen molar-refractivity contribution in [2.75, 3.05) is 30.9 Å². The smallest absolute Gasteiger partial charge is 0.229 e. The number of hydrogen-bond donors (Lipinski definition) is 2. The summed E-state index contributed by atoms with van der Waals surface area (Å²) in [6.07, 6.45) is 1.56. The molecular formula is C13H14F2N4O. The number of anilines is 3. The van der Waals surface area contributed by atoms with E-state index in [0.29, 0.717) is 30.6 Å². The average Bonchev–Trinajstić information content (AvgIpc) is 2.44. The van der Waals surface area contributed by atoms with Crippen LogP contribution in [0.1, 0.15) is 0 Å². The first-order valence-corrected chi connectivity index (χ1v) is 5.97. The molecule has 7 heteroatoms. The molecule has 0 aliphatic rings. The summed E-state index contributed by atoms with van der Waals surface area (Å²) in [5, 5.41) is 5.84. The molecule has 5 nitrogen and oxygen atoms in total. The van der Waals surface area contributed by atoms with Gasteiger partial charge in [0, 0.05) is 31.6 Å². The van der Waals surface area contributed by atoms with Crippen LogP contribution < -0.4 is 10.6 Å². The average molecular weight is 280 g/mol. The number of methoxy groups -OCH3 is 1. The van der Waals surface area contributed by atoms with Crippen LogP contribution in [0.25, 0.3) is 0 Å². The summed E-state index contributed by atoms with van der Waals surface area (Å²) in [4.78, 5) is 8.19. The Morgan fingerprint density at radius 2 is 2.05 bits per heavy atom. The van der Waals surface area contributed by atoms with Crippen LogP contribution in [0.5, 0.6) is 0 Å². The first kappa shape index (κ1) is 14.1. The summed E-state index contributed by atoms with van der Waals surface area (Å²) in [5.41, 5.74) is 0.373. The van der Waals surface area contributed by atoms with E-state index in [9.17, 15) is 8.78 Å². The minimum atomic E-state index is -0.927. The second kappa shape index (κ2) is 6.76. The third-order valence-corrected chi connectivity index (χ3v) is 2.44. The van der Waals surface area contributed by atoms with Crippen molar-refractivity contribution in [3.8, 4) is 0 Å². The number of hydrogen-bond acceptors (Lipinski definition) is 5. The molecule has 0 atom stereocenters. The molecule has 20 heavy (non-hydrogen) atoms. The summed E-state index contributed by atoms with van der Waals surface area (Å²) >= 11 is 0. The minimum absolute atomic E-state index is 0.290. The van der Waals surface area contributed by atoms with E-state index in [1.807, 2.05) is 0 Å². The molecule has 1 aromatic carbocycles. The van der Waals surface area contributed by atoms with E-state index in [0.717, 1.165) is 12.1 Å². The molecular weight excluding hydrogens is 266 g/mol. The predicted molar refractivity (Wildman–Crippen MR) is 72.0 cm³/mol. The summed E-state index contributed by atoms with van der Waals surface area (Å²) in [6, 6.07) is 5.20. The Labute approximate surface area is 115 Å². The van der Waals surface area contributed by atoms with Gasteiger partial charge in [0.1, 0.15) is 5.82 Å². The molecule has 2 N–H and O–H groups in total. The topological polar surface area (TPSA) is 59.1 Å². The van der Waals surface area contributed by atoms with Gasteiger partial charge >= 0.3 is 0 Å². The fourth-order valence-corrected chi connectivity index (χ4v) is 1.50. The molecule has 0 aliphatic carbocycles. The van der Waals surface area contributed by atoms with Gasteiger partial charge in [-0.05, 0) is 18.2 Å². The molecule has 0 saturated carbocycles. The highest BCUT2D eigenvalue weighted by atomic mass is 19.2. The van der Waals surface area contributed by atoms with Crippen LogP contribution >= 0.6 is 0 Å². The number of halogens is 2. The molecule has 0 bridgehead atoms. The fraction of sp³-hybridized carbons (Fsp3) is 0.231. The molecule has 0 unspecified atom stereocenters. The lowest BCUT2D eigenvalue weighted by Gasteiger charge is -2.08. The molecule has 106 valence electrons. The third kappa shape index (κ3) is 3.86. The van der Waals surface area contributed by atoms with Crippen molar-refractivity contribution in [3.05, 3.63) is 42.1 Å². The van der Waals surface area contributed by atoms with Gasteiger partial charge in [-0.15, -0.1) is 0 Å². The predicted octanol–water partition coefficient (Wildman–Crippen LogP) is 2.56. The Hall–Kier alpha value is -2.28. The molecule has 0 saturated heterocycles. The number of nitrogens with zero attached hydrogens (tertiary/aromatic N) is 2. The van der Waals surface area contributed by atoms with Crippen molar-refractivity contribution in [2.45, 2.75) is 0 Å². The first-order valence-electron chi connectivity index (χ1n) is 5.97. The van der Waals surface area contributed by atoms with Gasteiger partial charge in [0.15, 0.2) is 11.6 Å². The van der Waals surface area contributed by atoms with Gasteiger partial charge in [-0.3, -0.25) is 0 Å². The Morgan fingerprint density at radius 3 is 2.80 bits per heavy atom. The largest absolute Gasteiger partial charge is 0.383 e. The lowest BCUT2D eigenvalue weighted by Crippen LogP contribution is -2.09. The number of benzene rings is 1. The molecule has 2 aromatic rings. The van der Waals surface area contributed by atoms with Gasteiger partial charge in [-0.1, -0.05) is 0 Å². The van der Waals surface area contributed by atoms with Crippen LogP contribution in [0.15, 0.2) is 30.5 Å². The van der Waals surface area contributed by atoms with Crippen LogP contribution in [0.4, 0.5) is 26.2 Å². The van der Waals surface area contributed by atoms with Gasteiger partial charge < -0.3 is 15.4 Å². The Balaban J connectivity index is 2.05. The van der Waals surface area contributed by atoms with Crippen LogP contribution in [-0.4, -0.2) is 30.2 Å². The number of rotatable bonds is 6. The van der Waals surface area contributed by atoms with E-state index >= 15 is 0 Å². The van der Waals surface area contributed by atoms with Crippen molar-refractivity contribution in [1.29, 1.82) is 0 Å². The number of aromatic nitrogens is 2. The summed E-state index contributed by atoms with van der Waals surface area (Å²) in [7, 11) is 1.61. The molecule has 0 spiro atoms. The Kier molecular flexibility index (Phi) is 4.78. The maximum Gasteiger partial charge on any atom is 0.229 e. The normalized spacial score (nSPS) is 10.3. The van der Waals surface area contributed by atoms with Gasteiger partial charge in [0.25, 0.3) is 0 Å².